The molecule has 0 spiro atoms. The molecule has 1 aromatic heterocycles. The fourth-order valence-electron chi connectivity index (χ4n) is 4.80. The first-order chi connectivity index (χ1) is 18.2. The number of aromatic nitrogens is 2. The van der Waals surface area contributed by atoms with Crippen LogP contribution in [0.3, 0.4) is 0 Å². The molecule has 4 aromatic rings. The van der Waals surface area contributed by atoms with Gasteiger partial charge in [-0.25, -0.2) is 4.98 Å². The standard InChI is InChI=1S/C28H30BN3O4S/c1-34-27-16-20(4-5-22(27)19-33)18-32-26-11-10-24(36-37-29)17-25(26)30-28(32)21-6-8-23(9-7-21)35-15-14-31-12-2-3-13-31/h4-11,16-17,33H,2-3,12-15,18-19H2,1H3. The molecule has 7 nitrogen and oxygen atoms in total. The molecule has 2 radical (unpaired) electrons. The third kappa shape index (κ3) is 5.90. The predicted molar refractivity (Wildman–Crippen MR) is 148 cm³/mol. The molecule has 1 aliphatic rings. The highest BCUT2D eigenvalue weighted by Crippen LogP contribution is 2.31. The Kier molecular flexibility index (Phi) is 8.23. The average Bonchev–Trinajstić information content (AvgIpc) is 3.57. The van der Waals surface area contributed by atoms with Crippen LogP contribution in [-0.4, -0.2) is 60.0 Å². The van der Waals surface area contributed by atoms with Crippen LogP contribution in [0.4, 0.5) is 0 Å². The minimum absolute atomic E-state index is 0.0723. The van der Waals surface area contributed by atoms with Crippen molar-refractivity contribution < 1.29 is 18.8 Å². The summed E-state index contributed by atoms with van der Waals surface area (Å²) in [6.07, 6.45) is 2.57. The van der Waals surface area contributed by atoms with E-state index in [4.69, 9.17) is 25.8 Å². The molecule has 1 saturated heterocycles. The van der Waals surface area contributed by atoms with Crippen LogP contribution in [0.2, 0.25) is 0 Å². The topological polar surface area (TPSA) is 69.0 Å². The van der Waals surface area contributed by atoms with E-state index >= 15 is 0 Å². The lowest BCUT2D eigenvalue weighted by Gasteiger charge is -2.15. The largest absolute Gasteiger partial charge is 0.496 e. The molecule has 0 aliphatic carbocycles. The van der Waals surface area contributed by atoms with Crippen molar-refractivity contribution in [1.29, 1.82) is 0 Å². The smallest absolute Gasteiger partial charge is 0.222 e. The lowest BCUT2D eigenvalue weighted by atomic mass is 10.1. The fourth-order valence-corrected chi connectivity index (χ4v) is 5.01. The number of benzene rings is 3. The molecule has 0 atom stereocenters. The average molecular weight is 515 g/mol. The zero-order valence-electron chi connectivity index (χ0n) is 20.9. The predicted octanol–water partition coefficient (Wildman–Crippen LogP) is 4.84. The quantitative estimate of drug-likeness (QED) is 0.227. The first kappa shape index (κ1) is 25.5. The van der Waals surface area contributed by atoms with E-state index in [2.05, 4.69) is 9.47 Å². The number of aliphatic hydroxyl groups excluding tert-OH is 1. The van der Waals surface area contributed by atoms with Gasteiger partial charge < -0.3 is 23.3 Å². The van der Waals surface area contributed by atoms with Crippen LogP contribution in [0.25, 0.3) is 22.4 Å². The molecule has 1 N–H and O–H groups in total. The zero-order chi connectivity index (χ0) is 25.6. The minimum atomic E-state index is -0.0723. The fraction of sp³-hybridized carbons (Fsp3) is 0.321. The minimum Gasteiger partial charge on any atom is -0.496 e. The van der Waals surface area contributed by atoms with Gasteiger partial charge in [-0.2, -0.15) is 0 Å². The van der Waals surface area contributed by atoms with Gasteiger partial charge in [0.15, 0.2) is 0 Å². The van der Waals surface area contributed by atoms with Gasteiger partial charge in [0.1, 0.15) is 29.7 Å². The molecule has 190 valence electrons. The van der Waals surface area contributed by atoms with Crippen molar-refractivity contribution >= 4 is 30.1 Å². The number of hydrogen-bond donors (Lipinski definition) is 1. The number of hydrogen-bond acceptors (Lipinski definition) is 7. The van der Waals surface area contributed by atoms with Crippen LogP contribution < -0.4 is 13.7 Å². The highest BCUT2D eigenvalue weighted by atomic mass is 32.2. The van der Waals surface area contributed by atoms with Gasteiger partial charge in [0, 0.05) is 30.3 Å². The van der Waals surface area contributed by atoms with Crippen molar-refractivity contribution in [3.8, 4) is 28.6 Å². The molecule has 1 aliphatic heterocycles. The normalized spacial score (nSPS) is 13.8. The molecular formula is C28H30BN3O4S. The SMILES string of the molecule is [B]SOc1ccc2c(c1)nc(-c1ccc(OCCN3CCCC3)cc1)n2Cc1ccc(CO)c(OC)c1. The van der Waals surface area contributed by atoms with Crippen molar-refractivity contribution in [2.45, 2.75) is 26.0 Å². The summed E-state index contributed by atoms with van der Waals surface area (Å²) >= 11 is 0.811. The summed E-state index contributed by atoms with van der Waals surface area (Å²) in [5.41, 5.74) is 4.56. The van der Waals surface area contributed by atoms with E-state index in [1.807, 2.05) is 60.7 Å². The molecular weight excluding hydrogens is 485 g/mol. The number of nitrogens with zero attached hydrogens (tertiary/aromatic N) is 3. The van der Waals surface area contributed by atoms with Gasteiger partial charge in [-0.15, -0.1) is 0 Å². The van der Waals surface area contributed by atoms with Gasteiger partial charge in [-0.05, 0) is 85.9 Å². The van der Waals surface area contributed by atoms with E-state index in [0.29, 0.717) is 24.7 Å². The molecule has 5 rings (SSSR count). The number of fused-ring (bicyclic) bond motifs is 1. The molecule has 2 heterocycles. The summed E-state index contributed by atoms with van der Waals surface area (Å²) in [7, 11) is 7.11. The Morgan fingerprint density at radius 2 is 1.78 bits per heavy atom. The molecule has 1 fully saturated rings. The van der Waals surface area contributed by atoms with Gasteiger partial charge in [0.2, 0.25) is 7.12 Å². The van der Waals surface area contributed by atoms with Crippen molar-refractivity contribution in [3.63, 3.8) is 0 Å². The summed E-state index contributed by atoms with van der Waals surface area (Å²) in [4.78, 5) is 7.40. The van der Waals surface area contributed by atoms with E-state index in [9.17, 15) is 5.11 Å². The Balaban J connectivity index is 1.43. The number of ether oxygens (including phenoxy) is 2. The van der Waals surface area contributed by atoms with Crippen molar-refractivity contribution in [3.05, 3.63) is 71.8 Å². The van der Waals surface area contributed by atoms with Crippen LogP contribution in [-0.2, 0) is 13.2 Å². The molecule has 9 heteroatoms. The lowest BCUT2D eigenvalue weighted by molar-refractivity contribution is 0.238. The highest BCUT2D eigenvalue weighted by molar-refractivity contribution is 8.16. The number of methoxy groups -OCH3 is 1. The third-order valence-corrected chi connectivity index (χ3v) is 7.00. The number of likely N-dealkylation sites (tertiary alicyclic amines) is 1. The van der Waals surface area contributed by atoms with Crippen molar-refractivity contribution in [2.75, 3.05) is 33.4 Å². The van der Waals surface area contributed by atoms with E-state index in [-0.39, 0.29) is 6.61 Å². The van der Waals surface area contributed by atoms with Gasteiger partial charge in [0.25, 0.3) is 0 Å². The maximum absolute atomic E-state index is 9.60. The summed E-state index contributed by atoms with van der Waals surface area (Å²) in [6.45, 7) is 4.49. The van der Waals surface area contributed by atoms with E-state index in [1.165, 1.54) is 25.9 Å². The summed E-state index contributed by atoms with van der Waals surface area (Å²) in [5.74, 6) is 3.00. The van der Waals surface area contributed by atoms with Crippen molar-refractivity contribution in [1.82, 2.24) is 14.5 Å². The van der Waals surface area contributed by atoms with Crippen LogP contribution in [0.15, 0.2) is 60.7 Å². The maximum Gasteiger partial charge on any atom is 0.222 e. The van der Waals surface area contributed by atoms with Gasteiger partial charge in [-0.3, -0.25) is 4.90 Å². The van der Waals surface area contributed by atoms with E-state index in [0.717, 1.165) is 57.7 Å². The molecule has 0 unspecified atom stereocenters. The van der Waals surface area contributed by atoms with E-state index in [1.54, 1.807) is 7.11 Å². The maximum atomic E-state index is 9.60. The number of rotatable bonds is 11. The summed E-state index contributed by atoms with van der Waals surface area (Å²) in [6, 6.07) is 19.7. The second-order valence-electron chi connectivity index (χ2n) is 9.08. The van der Waals surface area contributed by atoms with Crippen molar-refractivity contribution in [2.24, 2.45) is 0 Å². The third-order valence-electron chi connectivity index (χ3n) is 6.71. The summed E-state index contributed by atoms with van der Waals surface area (Å²) < 4.78 is 19.1. The highest BCUT2D eigenvalue weighted by Gasteiger charge is 2.16. The van der Waals surface area contributed by atoms with Crippen LogP contribution >= 0.6 is 11.9 Å². The Hall–Kier alpha value is -3.14. The molecule has 0 bridgehead atoms. The monoisotopic (exact) mass is 515 g/mol. The first-order valence-corrected chi connectivity index (χ1v) is 13.2. The number of imidazole rings is 1. The first-order valence-electron chi connectivity index (χ1n) is 12.4. The Morgan fingerprint density at radius 1 is 1.00 bits per heavy atom. The van der Waals surface area contributed by atoms with E-state index < -0.39 is 0 Å². The second kappa shape index (κ2) is 11.9. The Labute approximate surface area is 222 Å². The molecule has 3 aromatic carbocycles. The second-order valence-corrected chi connectivity index (χ2v) is 9.44. The lowest BCUT2D eigenvalue weighted by Crippen LogP contribution is -2.25. The molecule has 37 heavy (non-hydrogen) atoms. The number of aliphatic hydroxyl groups is 1. The molecule has 0 amide bonds. The zero-order valence-corrected chi connectivity index (χ0v) is 21.7. The Bertz CT molecular complexity index is 1340. The summed E-state index contributed by atoms with van der Waals surface area (Å²) in [5, 5.41) is 9.60. The van der Waals surface area contributed by atoms with Crippen LogP contribution in [0.5, 0.6) is 17.2 Å². The van der Waals surface area contributed by atoms with Gasteiger partial charge in [-0.1, -0.05) is 12.1 Å². The van der Waals surface area contributed by atoms with Gasteiger partial charge >= 0.3 is 0 Å². The van der Waals surface area contributed by atoms with Crippen LogP contribution in [0.1, 0.15) is 24.0 Å². The Morgan fingerprint density at radius 3 is 2.51 bits per heavy atom. The van der Waals surface area contributed by atoms with Crippen LogP contribution in [0, 0.1) is 0 Å². The van der Waals surface area contributed by atoms with Gasteiger partial charge in [0.05, 0.1) is 24.8 Å². The molecule has 0 saturated carbocycles.